The lowest BCUT2D eigenvalue weighted by molar-refractivity contribution is 0.396. The zero-order valence-corrected chi connectivity index (χ0v) is 9.81. The summed E-state index contributed by atoms with van der Waals surface area (Å²) in [5.41, 5.74) is 5.64. The summed E-state index contributed by atoms with van der Waals surface area (Å²) in [5.74, 6) is 2.47. The quantitative estimate of drug-likeness (QED) is 0.817. The molecular weight excluding hydrogens is 204 g/mol. The van der Waals surface area contributed by atoms with E-state index in [0.717, 1.165) is 24.8 Å². The molecule has 5 nitrogen and oxygen atoms in total. The van der Waals surface area contributed by atoms with E-state index in [1.54, 1.807) is 7.11 Å². The Morgan fingerprint density at radius 3 is 2.69 bits per heavy atom. The van der Waals surface area contributed by atoms with Crippen LogP contribution in [0.5, 0.6) is 5.88 Å². The number of hydrogen-bond acceptors (Lipinski definition) is 5. The lowest BCUT2D eigenvalue weighted by Crippen LogP contribution is -2.33. The van der Waals surface area contributed by atoms with Crippen LogP contribution in [0.25, 0.3) is 0 Å². The Bertz CT molecular complexity index is 361. The summed E-state index contributed by atoms with van der Waals surface area (Å²) < 4.78 is 5.09. The lowest BCUT2D eigenvalue weighted by atomic mass is 9.99. The van der Waals surface area contributed by atoms with Crippen molar-refractivity contribution in [3.63, 3.8) is 0 Å². The average Bonchev–Trinajstić information content (AvgIpc) is 2.29. The van der Waals surface area contributed by atoms with Crippen molar-refractivity contribution in [2.45, 2.75) is 19.8 Å². The molecule has 2 rings (SSSR count). The normalized spacial score (nSPS) is 17.5. The third-order valence-corrected chi connectivity index (χ3v) is 3.02. The molecule has 1 aromatic rings. The molecule has 1 fully saturated rings. The Kier molecular flexibility index (Phi) is 3.12. The molecule has 5 heteroatoms. The fourth-order valence-corrected chi connectivity index (χ4v) is 1.93. The van der Waals surface area contributed by atoms with Crippen molar-refractivity contribution in [3.05, 3.63) is 6.07 Å². The van der Waals surface area contributed by atoms with Gasteiger partial charge in [-0.3, -0.25) is 0 Å². The Labute approximate surface area is 95.6 Å². The van der Waals surface area contributed by atoms with Gasteiger partial charge in [-0.1, -0.05) is 6.92 Å². The molecule has 0 aromatic carbocycles. The van der Waals surface area contributed by atoms with Gasteiger partial charge in [-0.05, 0) is 18.8 Å². The first-order chi connectivity index (χ1) is 7.69. The van der Waals surface area contributed by atoms with Gasteiger partial charge < -0.3 is 15.4 Å². The summed E-state index contributed by atoms with van der Waals surface area (Å²) in [7, 11) is 1.59. The number of aromatic nitrogens is 2. The van der Waals surface area contributed by atoms with Crippen LogP contribution in [0.2, 0.25) is 0 Å². The number of nitrogen functional groups attached to an aromatic ring is 1. The molecule has 0 saturated carbocycles. The van der Waals surface area contributed by atoms with Gasteiger partial charge in [-0.15, -0.1) is 0 Å². The van der Waals surface area contributed by atoms with E-state index in [4.69, 9.17) is 10.5 Å². The topological polar surface area (TPSA) is 64.3 Å². The fourth-order valence-electron chi connectivity index (χ4n) is 1.93. The third kappa shape index (κ3) is 2.35. The van der Waals surface area contributed by atoms with E-state index < -0.39 is 0 Å². The van der Waals surface area contributed by atoms with Crippen molar-refractivity contribution in [1.82, 2.24) is 9.97 Å². The summed E-state index contributed by atoms with van der Waals surface area (Å²) in [6.45, 7) is 4.34. The molecule has 0 spiro atoms. The van der Waals surface area contributed by atoms with Crippen LogP contribution in [0, 0.1) is 5.92 Å². The molecule has 0 aliphatic carbocycles. The second-order valence-corrected chi connectivity index (χ2v) is 4.30. The predicted molar refractivity (Wildman–Crippen MR) is 63.6 cm³/mol. The second kappa shape index (κ2) is 4.55. The van der Waals surface area contributed by atoms with E-state index >= 15 is 0 Å². The van der Waals surface area contributed by atoms with E-state index in [9.17, 15) is 0 Å². The minimum atomic E-state index is 0.271. The largest absolute Gasteiger partial charge is 0.481 e. The minimum absolute atomic E-state index is 0.271. The number of ether oxygens (including phenoxy) is 1. The van der Waals surface area contributed by atoms with Crippen molar-refractivity contribution < 1.29 is 4.74 Å². The van der Waals surface area contributed by atoms with Gasteiger partial charge in [0.05, 0.1) is 7.11 Å². The Morgan fingerprint density at radius 1 is 1.38 bits per heavy atom. The molecule has 0 unspecified atom stereocenters. The molecule has 0 amide bonds. The molecule has 88 valence electrons. The average molecular weight is 222 g/mol. The number of piperidine rings is 1. The summed E-state index contributed by atoms with van der Waals surface area (Å²) >= 11 is 0. The molecule has 1 aliphatic rings. The molecule has 2 heterocycles. The number of anilines is 2. The molecule has 0 radical (unpaired) electrons. The minimum Gasteiger partial charge on any atom is -0.481 e. The third-order valence-electron chi connectivity index (χ3n) is 3.02. The van der Waals surface area contributed by atoms with Crippen LogP contribution in [0.1, 0.15) is 19.8 Å². The SMILES string of the molecule is COc1cc(N2CCC(C)CC2)nc(N)n1. The highest BCUT2D eigenvalue weighted by Gasteiger charge is 2.18. The lowest BCUT2D eigenvalue weighted by Gasteiger charge is -2.31. The van der Waals surface area contributed by atoms with Gasteiger partial charge in [0.1, 0.15) is 5.82 Å². The first-order valence-corrected chi connectivity index (χ1v) is 5.62. The van der Waals surface area contributed by atoms with E-state index in [1.807, 2.05) is 6.07 Å². The van der Waals surface area contributed by atoms with Gasteiger partial charge in [0.25, 0.3) is 0 Å². The van der Waals surface area contributed by atoms with Gasteiger partial charge in [0.15, 0.2) is 0 Å². The van der Waals surface area contributed by atoms with E-state index in [-0.39, 0.29) is 5.95 Å². The summed E-state index contributed by atoms with van der Waals surface area (Å²) in [6, 6.07) is 1.84. The molecule has 1 aliphatic heterocycles. The zero-order valence-electron chi connectivity index (χ0n) is 9.81. The first kappa shape index (κ1) is 11.0. The van der Waals surface area contributed by atoms with Crippen molar-refractivity contribution >= 4 is 11.8 Å². The zero-order chi connectivity index (χ0) is 11.5. The molecule has 1 saturated heterocycles. The van der Waals surface area contributed by atoms with Crippen LogP contribution >= 0.6 is 0 Å². The van der Waals surface area contributed by atoms with E-state index in [1.165, 1.54) is 12.8 Å². The van der Waals surface area contributed by atoms with Crippen LogP contribution in [-0.4, -0.2) is 30.2 Å². The Balaban J connectivity index is 2.16. The van der Waals surface area contributed by atoms with Crippen molar-refractivity contribution in [2.75, 3.05) is 30.8 Å². The van der Waals surface area contributed by atoms with Crippen LogP contribution in [0.15, 0.2) is 6.07 Å². The van der Waals surface area contributed by atoms with Gasteiger partial charge in [0, 0.05) is 19.2 Å². The van der Waals surface area contributed by atoms with Gasteiger partial charge in [0.2, 0.25) is 11.8 Å². The number of rotatable bonds is 2. The smallest absolute Gasteiger partial charge is 0.225 e. The van der Waals surface area contributed by atoms with Crippen LogP contribution in [-0.2, 0) is 0 Å². The summed E-state index contributed by atoms with van der Waals surface area (Å²) in [6.07, 6.45) is 2.40. The van der Waals surface area contributed by atoms with Crippen molar-refractivity contribution in [2.24, 2.45) is 5.92 Å². The fraction of sp³-hybridized carbons (Fsp3) is 0.636. The highest BCUT2D eigenvalue weighted by molar-refractivity contribution is 5.45. The molecule has 16 heavy (non-hydrogen) atoms. The summed E-state index contributed by atoms with van der Waals surface area (Å²) in [4.78, 5) is 10.5. The molecule has 0 atom stereocenters. The van der Waals surface area contributed by atoms with Gasteiger partial charge in [-0.25, -0.2) is 0 Å². The molecule has 0 bridgehead atoms. The van der Waals surface area contributed by atoms with Crippen molar-refractivity contribution in [1.29, 1.82) is 0 Å². The Hall–Kier alpha value is -1.52. The number of hydrogen-bond donors (Lipinski definition) is 1. The maximum atomic E-state index is 5.64. The van der Waals surface area contributed by atoms with Crippen LogP contribution in [0.4, 0.5) is 11.8 Å². The molecule has 2 N–H and O–H groups in total. The highest BCUT2D eigenvalue weighted by atomic mass is 16.5. The highest BCUT2D eigenvalue weighted by Crippen LogP contribution is 2.24. The number of methoxy groups -OCH3 is 1. The molecular formula is C11H18N4O. The maximum Gasteiger partial charge on any atom is 0.225 e. The van der Waals surface area contributed by atoms with Crippen LogP contribution in [0.3, 0.4) is 0 Å². The molecule has 1 aromatic heterocycles. The van der Waals surface area contributed by atoms with Crippen molar-refractivity contribution in [3.8, 4) is 5.88 Å². The second-order valence-electron chi connectivity index (χ2n) is 4.30. The van der Waals surface area contributed by atoms with Gasteiger partial charge in [-0.2, -0.15) is 9.97 Å². The number of nitrogens with zero attached hydrogens (tertiary/aromatic N) is 3. The monoisotopic (exact) mass is 222 g/mol. The number of nitrogens with two attached hydrogens (primary N) is 1. The van der Waals surface area contributed by atoms with E-state index in [2.05, 4.69) is 21.8 Å². The maximum absolute atomic E-state index is 5.64. The van der Waals surface area contributed by atoms with Gasteiger partial charge >= 0.3 is 0 Å². The Morgan fingerprint density at radius 2 is 2.06 bits per heavy atom. The van der Waals surface area contributed by atoms with Crippen LogP contribution < -0.4 is 15.4 Å². The van der Waals surface area contributed by atoms with E-state index in [0.29, 0.717) is 5.88 Å². The predicted octanol–water partition coefficient (Wildman–Crippen LogP) is 1.30. The summed E-state index contributed by atoms with van der Waals surface area (Å²) in [5, 5.41) is 0. The first-order valence-electron chi connectivity index (χ1n) is 5.62. The standard InChI is InChI=1S/C11H18N4O/c1-8-3-5-15(6-4-8)9-7-10(16-2)14-11(12)13-9/h7-8H,3-6H2,1-2H3,(H2,12,13,14).